The first-order valence-electron chi connectivity index (χ1n) is 6.55. The van der Waals surface area contributed by atoms with Crippen molar-refractivity contribution in [1.82, 2.24) is 5.32 Å². The van der Waals surface area contributed by atoms with Crippen LogP contribution in [-0.2, 0) is 0 Å². The van der Waals surface area contributed by atoms with Crippen LogP contribution in [0, 0.1) is 5.41 Å². The van der Waals surface area contributed by atoms with Gasteiger partial charge < -0.3 is 16.0 Å². The highest BCUT2D eigenvalue weighted by Crippen LogP contribution is 2.38. The van der Waals surface area contributed by atoms with Crippen LogP contribution >= 0.6 is 0 Å². The Labute approximate surface area is 107 Å². The van der Waals surface area contributed by atoms with Gasteiger partial charge in [0.2, 0.25) is 0 Å². The SMILES string of the molecule is NC(=O)c1ccccc1N1CCC2(CCNC2)C1. The molecule has 3 rings (SSSR count). The standard InChI is InChI=1S/C14H19N3O/c15-13(18)11-3-1-2-4-12(11)17-8-6-14(10-17)5-7-16-9-14/h1-4,16H,5-10H2,(H2,15,18). The summed E-state index contributed by atoms with van der Waals surface area (Å²) in [6.45, 7) is 4.27. The van der Waals surface area contributed by atoms with Gasteiger partial charge in [-0.3, -0.25) is 4.79 Å². The number of nitrogens with one attached hydrogen (secondary N) is 1. The van der Waals surface area contributed by atoms with Crippen molar-refractivity contribution >= 4 is 11.6 Å². The maximum absolute atomic E-state index is 11.5. The molecule has 1 unspecified atom stereocenters. The Morgan fingerprint density at radius 2 is 2.17 bits per heavy atom. The molecule has 0 radical (unpaired) electrons. The van der Waals surface area contributed by atoms with Gasteiger partial charge in [-0.25, -0.2) is 0 Å². The van der Waals surface area contributed by atoms with E-state index in [0.29, 0.717) is 11.0 Å². The quantitative estimate of drug-likeness (QED) is 0.816. The summed E-state index contributed by atoms with van der Waals surface area (Å²) < 4.78 is 0. The van der Waals surface area contributed by atoms with Crippen molar-refractivity contribution in [3.05, 3.63) is 29.8 Å². The summed E-state index contributed by atoms with van der Waals surface area (Å²) >= 11 is 0. The maximum Gasteiger partial charge on any atom is 0.250 e. The third-order valence-corrected chi connectivity index (χ3v) is 4.28. The number of rotatable bonds is 2. The van der Waals surface area contributed by atoms with Crippen LogP contribution in [0.25, 0.3) is 0 Å². The summed E-state index contributed by atoms with van der Waals surface area (Å²) in [4.78, 5) is 13.8. The van der Waals surface area contributed by atoms with Gasteiger partial charge in [0.15, 0.2) is 0 Å². The largest absolute Gasteiger partial charge is 0.370 e. The molecule has 0 aliphatic carbocycles. The van der Waals surface area contributed by atoms with Crippen LogP contribution < -0.4 is 16.0 Å². The molecule has 1 aromatic carbocycles. The Kier molecular flexibility index (Phi) is 2.74. The average molecular weight is 245 g/mol. The van der Waals surface area contributed by atoms with Gasteiger partial charge >= 0.3 is 0 Å². The van der Waals surface area contributed by atoms with Crippen molar-refractivity contribution in [2.24, 2.45) is 11.1 Å². The van der Waals surface area contributed by atoms with Crippen LogP contribution in [0.15, 0.2) is 24.3 Å². The van der Waals surface area contributed by atoms with Gasteiger partial charge in [-0.15, -0.1) is 0 Å². The molecule has 2 aliphatic rings. The molecule has 1 amide bonds. The van der Waals surface area contributed by atoms with Crippen molar-refractivity contribution in [2.75, 3.05) is 31.1 Å². The molecule has 3 N–H and O–H groups in total. The van der Waals surface area contributed by atoms with Crippen LogP contribution in [0.5, 0.6) is 0 Å². The lowest BCUT2D eigenvalue weighted by Gasteiger charge is -2.25. The lowest BCUT2D eigenvalue weighted by Crippen LogP contribution is -2.30. The number of anilines is 1. The van der Waals surface area contributed by atoms with E-state index >= 15 is 0 Å². The molecule has 2 saturated heterocycles. The van der Waals surface area contributed by atoms with Crippen LogP contribution in [0.1, 0.15) is 23.2 Å². The van der Waals surface area contributed by atoms with Crippen molar-refractivity contribution in [3.8, 4) is 0 Å². The molecule has 0 aromatic heterocycles. The fourth-order valence-electron chi connectivity index (χ4n) is 3.24. The van der Waals surface area contributed by atoms with Gasteiger partial charge in [-0.05, 0) is 31.5 Å². The average Bonchev–Trinajstić information content (AvgIpc) is 3.00. The number of amides is 1. The van der Waals surface area contributed by atoms with E-state index in [1.807, 2.05) is 24.3 Å². The van der Waals surface area contributed by atoms with E-state index in [2.05, 4.69) is 10.2 Å². The number of hydrogen-bond acceptors (Lipinski definition) is 3. The minimum atomic E-state index is -0.337. The summed E-state index contributed by atoms with van der Waals surface area (Å²) in [7, 11) is 0. The molecule has 4 nitrogen and oxygen atoms in total. The van der Waals surface area contributed by atoms with E-state index in [1.165, 1.54) is 12.8 Å². The van der Waals surface area contributed by atoms with E-state index in [-0.39, 0.29) is 5.91 Å². The third-order valence-electron chi connectivity index (χ3n) is 4.28. The summed E-state index contributed by atoms with van der Waals surface area (Å²) in [5, 5.41) is 3.45. The maximum atomic E-state index is 11.5. The zero-order valence-corrected chi connectivity index (χ0v) is 10.5. The predicted molar refractivity (Wildman–Crippen MR) is 71.7 cm³/mol. The van der Waals surface area contributed by atoms with E-state index < -0.39 is 0 Å². The van der Waals surface area contributed by atoms with Gasteiger partial charge in [0, 0.05) is 30.7 Å². The molecular weight excluding hydrogens is 226 g/mol. The first-order chi connectivity index (χ1) is 8.70. The predicted octanol–water partition coefficient (Wildman–Crippen LogP) is 0.975. The summed E-state index contributed by atoms with van der Waals surface area (Å²) in [6, 6.07) is 7.66. The number of benzene rings is 1. The number of carbonyl (C=O) groups is 1. The smallest absolute Gasteiger partial charge is 0.250 e. The number of nitrogens with zero attached hydrogens (tertiary/aromatic N) is 1. The Morgan fingerprint density at radius 1 is 1.33 bits per heavy atom. The Morgan fingerprint density at radius 3 is 2.89 bits per heavy atom. The summed E-state index contributed by atoms with van der Waals surface area (Å²) in [5.74, 6) is -0.337. The fraction of sp³-hybridized carbons (Fsp3) is 0.500. The monoisotopic (exact) mass is 245 g/mol. The van der Waals surface area contributed by atoms with Gasteiger partial charge in [0.1, 0.15) is 0 Å². The molecule has 0 bridgehead atoms. The zero-order chi connectivity index (χ0) is 12.6. The minimum absolute atomic E-state index is 0.337. The highest BCUT2D eigenvalue weighted by Gasteiger charge is 2.40. The molecule has 1 atom stereocenters. The molecule has 4 heteroatoms. The van der Waals surface area contributed by atoms with Crippen molar-refractivity contribution in [1.29, 1.82) is 0 Å². The third kappa shape index (κ3) is 1.86. The molecule has 2 aliphatic heterocycles. The highest BCUT2D eigenvalue weighted by atomic mass is 16.1. The van der Waals surface area contributed by atoms with Crippen molar-refractivity contribution < 1.29 is 4.79 Å². The molecule has 1 aromatic rings. The molecule has 96 valence electrons. The molecule has 2 heterocycles. The Hall–Kier alpha value is -1.55. The number of primary amides is 1. The van der Waals surface area contributed by atoms with E-state index in [1.54, 1.807) is 0 Å². The van der Waals surface area contributed by atoms with Gasteiger partial charge in [0.05, 0.1) is 5.56 Å². The van der Waals surface area contributed by atoms with E-state index in [9.17, 15) is 4.79 Å². The number of hydrogen-bond donors (Lipinski definition) is 2. The zero-order valence-electron chi connectivity index (χ0n) is 10.5. The summed E-state index contributed by atoms with van der Waals surface area (Å²) in [6.07, 6.45) is 2.44. The second-order valence-corrected chi connectivity index (χ2v) is 5.48. The normalized spacial score (nSPS) is 27.0. The van der Waals surface area contributed by atoms with Crippen LogP contribution in [-0.4, -0.2) is 32.1 Å². The lowest BCUT2D eigenvalue weighted by atomic mass is 9.86. The van der Waals surface area contributed by atoms with Crippen LogP contribution in [0.4, 0.5) is 5.69 Å². The van der Waals surface area contributed by atoms with E-state index in [4.69, 9.17) is 5.73 Å². The Bertz CT molecular complexity index is 466. The highest BCUT2D eigenvalue weighted by molar-refractivity contribution is 5.98. The van der Waals surface area contributed by atoms with Crippen molar-refractivity contribution in [2.45, 2.75) is 12.8 Å². The minimum Gasteiger partial charge on any atom is -0.370 e. The molecule has 1 spiro atoms. The van der Waals surface area contributed by atoms with E-state index in [0.717, 1.165) is 31.9 Å². The second-order valence-electron chi connectivity index (χ2n) is 5.48. The van der Waals surface area contributed by atoms with Crippen LogP contribution in [0.2, 0.25) is 0 Å². The Balaban J connectivity index is 1.86. The molecular formula is C14H19N3O. The first kappa shape index (κ1) is 11.5. The van der Waals surface area contributed by atoms with Gasteiger partial charge in [-0.1, -0.05) is 12.1 Å². The fourth-order valence-corrected chi connectivity index (χ4v) is 3.24. The number of para-hydroxylation sites is 1. The molecule has 0 saturated carbocycles. The van der Waals surface area contributed by atoms with Crippen LogP contribution in [0.3, 0.4) is 0 Å². The van der Waals surface area contributed by atoms with Gasteiger partial charge in [0.25, 0.3) is 5.91 Å². The molecule has 2 fully saturated rings. The second kappa shape index (κ2) is 4.28. The van der Waals surface area contributed by atoms with Crippen molar-refractivity contribution in [3.63, 3.8) is 0 Å². The topological polar surface area (TPSA) is 58.4 Å². The summed E-state index contributed by atoms with van der Waals surface area (Å²) in [5.41, 5.74) is 7.49. The number of carbonyl (C=O) groups excluding carboxylic acids is 1. The number of nitrogens with two attached hydrogens (primary N) is 1. The van der Waals surface area contributed by atoms with Gasteiger partial charge in [-0.2, -0.15) is 0 Å². The molecule has 18 heavy (non-hydrogen) atoms. The lowest BCUT2D eigenvalue weighted by molar-refractivity contribution is 0.100. The first-order valence-corrected chi connectivity index (χ1v) is 6.55.